The van der Waals surface area contributed by atoms with Crippen molar-refractivity contribution in [2.75, 3.05) is 23.2 Å². The second-order valence-electron chi connectivity index (χ2n) is 6.90. The van der Waals surface area contributed by atoms with Crippen LogP contribution < -0.4 is 9.62 Å². The van der Waals surface area contributed by atoms with E-state index in [0.29, 0.717) is 12.4 Å². The standard InChI is InChI=1S/C18H23N3O4S.C2HF3O2/c1-4-5-10-21(3)17-16(18(22)23)11-14(12-19-17)20-26(24,25)15-8-6-13(2)7-9-15;3-2(4,5)1(6)7/h6-9,11-12,20H,4-5,10H2,1-3H3,(H,22,23);(H,6,7). The maximum atomic E-state index is 12.5. The van der Waals surface area contributed by atoms with Gasteiger partial charge in [0.2, 0.25) is 0 Å². The van der Waals surface area contributed by atoms with Crippen molar-refractivity contribution in [2.45, 2.75) is 37.8 Å². The van der Waals surface area contributed by atoms with E-state index in [1.54, 1.807) is 24.1 Å². The summed E-state index contributed by atoms with van der Waals surface area (Å²) in [5, 5.41) is 16.6. The molecule has 0 amide bonds. The van der Waals surface area contributed by atoms with Gasteiger partial charge in [-0.05, 0) is 31.5 Å². The summed E-state index contributed by atoms with van der Waals surface area (Å²) in [4.78, 5) is 26.5. The summed E-state index contributed by atoms with van der Waals surface area (Å²) in [6, 6.07) is 7.67. The number of carboxylic acid groups (broad SMARTS) is 2. The van der Waals surface area contributed by atoms with Crippen molar-refractivity contribution in [2.24, 2.45) is 0 Å². The maximum Gasteiger partial charge on any atom is 0.490 e. The first kappa shape index (κ1) is 27.7. The normalized spacial score (nSPS) is 11.2. The molecule has 0 aliphatic heterocycles. The molecule has 9 nitrogen and oxygen atoms in total. The number of aliphatic carboxylic acids is 1. The van der Waals surface area contributed by atoms with Crippen LogP contribution in [0.2, 0.25) is 0 Å². The third-order valence-electron chi connectivity index (χ3n) is 4.13. The van der Waals surface area contributed by atoms with Crippen LogP contribution in [0.15, 0.2) is 41.4 Å². The lowest BCUT2D eigenvalue weighted by molar-refractivity contribution is -0.192. The van der Waals surface area contributed by atoms with Crippen LogP contribution >= 0.6 is 0 Å². The Labute approximate surface area is 188 Å². The molecule has 0 bridgehead atoms. The Balaban J connectivity index is 0.000000675. The van der Waals surface area contributed by atoms with Crippen LogP contribution in [0.4, 0.5) is 24.7 Å². The van der Waals surface area contributed by atoms with Crippen molar-refractivity contribution in [3.63, 3.8) is 0 Å². The van der Waals surface area contributed by atoms with E-state index in [0.717, 1.165) is 18.4 Å². The number of carbonyl (C=O) groups is 2. The van der Waals surface area contributed by atoms with E-state index < -0.39 is 28.1 Å². The van der Waals surface area contributed by atoms with E-state index >= 15 is 0 Å². The summed E-state index contributed by atoms with van der Waals surface area (Å²) in [6.45, 7) is 4.57. The molecule has 0 atom stereocenters. The zero-order chi connectivity index (χ0) is 25.4. The highest BCUT2D eigenvalue weighted by Gasteiger charge is 2.38. The van der Waals surface area contributed by atoms with Crippen LogP contribution in [0.5, 0.6) is 0 Å². The van der Waals surface area contributed by atoms with Gasteiger partial charge >= 0.3 is 18.1 Å². The third-order valence-corrected chi connectivity index (χ3v) is 5.53. The number of sulfonamides is 1. The minimum atomic E-state index is -5.08. The number of aromatic nitrogens is 1. The summed E-state index contributed by atoms with van der Waals surface area (Å²) in [7, 11) is -2.05. The summed E-state index contributed by atoms with van der Waals surface area (Å²) in [6.07, 6.45) is -1.88. The van der Waals surface area contributed by atoms with Crippen molar-refractivity contribution in [1.82, 2.24) is 4.98 Å². The van der Waals surface area contributed by atoms with Gasteiger partial charge in [-0.25, -0.2) is 23.0 Å². The van der Waals surface area contributed by atoms with Gasteiger partial charge in [0, 0.05) is 13.6 Å². The van der Waals surface area contributed by atoms with Crippen LogP contribution in [-0.2, 0) is 14.8 Å². The fourth-order valence-corrected chi connectivity index (χ4v) is 3.44. The van der Waals surface area contributed by atoms with E-state index in [2.05, 4.69) is 9.71 Å². The molecule has 0 saturated carbocycles. The van der Waals surface area contributed by atoms with Gasteiger partial charge < -0.3 is 15.1 Å². The van der Waals surface area contributed by atoms with Crippen LogP contribution in [0.25, 0.3) is 0 Å². The number of unbranched alkanes of at least 4 members (excludes halogenated alkanes) is 1. The minimum Gasteiger partial charge on any atom is -0.478 e. The summed E-state index contributed by atoms with van der Waals surface area (Å²) in [5.74, 6) is -3.61. The van der Waals surface area contributed by atoms with E-state index in [1.807, 2.05) is 13.8 Å². The molecule has 0 fully saturated rings. The molecule has 0 spiro atoms. The molecule has 0 unspecified atom stereocenters. The highest BCUT2D eigenvalue weighted by molar-refractivity contribution is 7.92. The zero-order valence-electron chi connectivity index (χ0n) is 18.0. The smallest absolute Gasteiger partial charge is 0.478 e. The van der Waals surface area contributed by atoms with Crippen molar-refractivity contribution in [3.05, 3.63) is 47.7 Å². The fraction of sp³-hybridized carbons (Fsp3) is 0.350. The lowest BCUT2D eigenvalue weighted by atomic mass is 10.2. The Kier molecular flexibility index (Phi) is 9.64. The number of benzene rings is 1. The molecule has 0 aliphatic rings. The number of alkyl halides is 3. The number of hydrogen-bond acceptors (Lipinski definition) is 6. The molecule has 1 aromatic heterocycles. The number of anilines is 2. The SMILES string of the molecule is CCCCN(C)c1ncc(NS(=O)(=O)c2ccc(C)cc2)cc1C(=O)O.O=C(O)C(F)(F)F. The average Bonchev–Trinajstić information content (AvgIpc) is 2.71. The number of aryl methyl sites for hydroxylation is 1. The molecule has 3 N–H and O–H groups in total. The predicted octanol–water partition coefficient (Wildman–Crippen LogP) is 3.76. The summed E-state index contributed by atoms with van der Waals surface area (Å²) >= 11 is 0. The topological polar surface area (TPSA) is 137 Å². The fourth-order valence-electron chi connectivity index (χ4n) is 2.41. The van der Waals surface area contributed by atoms with E-state index in [1.165, 1.54) is 24.4 Å². The predicted molar refractivity (Wildman–Crippen MR) is 115 cm³/mol. The molecule has 13 heteroatoms. The number of halogens is 3. The quantitative estimate of drug-likeness (QED) is 0.508. The third kappa shape index (κ3) is 8.60. The molecule has 182 valence electrons. The van der Waals surface area contributed by atoms with E-state index in [-0.39, 0.29) is 16.1 Å². The molecular weight excluding hydrogens is 467 g/mol. The Hall–Kier alpha value is -3.35. The zero-order valence-corrected chi connectivity index (χ0v) is 18.9. The Morgan fingerprint density at radius 3 is 2.15 bits per heavy atom. The highest BCUT2D eigenvalue weighted by Crippen LogP contribution is 2.23. The minimum absolute atomic E-state index is 0.0484. The highest BCUT2D eigenvalue weighted by atomic mass is 32.2. The van der Waals surface area contributed by atoms with Crippen LogP contribution in [-0.4, -0.2) is 55.3 Å². The molecule has 2 rings (SSSR count). The van der Waals surface area contributed by atoms with Crippen molar-refractivity contribution >= 4 is 33.5 Å². The number of nitrogens with zero attached hydrogens (tertiary/aromatic N) is 2. The van der Waals surface area contributed by atoms with Gasteiger partial charge in [0.1, 0.15) is 11.4 Å². The largest absolute Gasteiger partial charge is 0.490 e. The first-order valence-electron chi connectivity index (χ1n) is 9.53. The Morgan fingerprint density at radius 2 is 1.70 bits per heavy atom. The number of aromatic carboxylic acids is 1. The monoisotopic (exact) mass is 491 g/mol. The molecule has 0 saturated heterocycles. The van der Waals surface area contributed by atoms with Gasteiger partial charge in [0.15, 0.2) is 0 Å². The molecule has 1 aromatic carbocycles. The molecule has 0 radical (unpaired) electrons. The van der Waals surface area contributed by atoms with Crippen LogP contribution in [0.1, 0.15) is 35.7 Å². The molecule has 33 heavy (non-hydrogen) atoms. The van der Waals surface area contributed by atoms with Crippen molar-refractivity contribution in [1.29, 1.82) is 0 Å². The molecule has 1 heterocycles. The van der Waals surface area contributed by atoms with Gasteiger partial charge in [-0.2, -0.15) is 13.2 Å². The Bertz CT molecular complexity index is 1070. The lowest BCUT2D eigenvalue weighted by Crippen LogP contribution is -2.23. The lowest BCUT2D eigenvalue weighted by Gasteiger charge is -2.20. The summed E-state index contributed by atoms with van der Waals surface area (Å²) < 4.78 is 59.0. The number of carboxylic acids is 2. The Morgan fingerprint density at radius 1 is 1.15 bits per heavy atom. The van der Waals surface area contributed by atoms with Crippen molar-refractivity contribution < 1.29 is 41.4 Å². The average molecular weight is 491 g/mol. The first-order valence-corrected chi connectivity index (χ1v) is 11.0. The second-order valence-corrected chi connectivity index (χ2v) is 8.58. The summed E-state index contributed by atoms with van der Waals surface area (Å²) in [5.41, 5.74) is 1.00. The second kappa shape index (κ2) is 11.5. The van der Waals surface area contributed by atoms with Crippen LogP contribution in [0, 0.1) is 6.92 Å². The maximum absolute atomic E-state index is 12.5. The van der Waals surface area contributed by atoms with Gasteiger partial charge in [0.05, 0.1) is 16.8 Å². The number of rotatable bonds is 8. The van der Waals surface area contributed by atoms with E-state index in [4.69, 9.17) is 9.90 Å². The number of nitrogens with one attached hydrogen (secondary N) is 1. The van der Waals surface area contributed by atoms with Gasteiger partial charge in [0.25, 0.3) is 10.0 Å². The van der Waals surface area contributed by atoms with E-state index in [9.17, 15) is 31.5 Å². The van der Waals surface area contributed by atoms with Gasteiger partial charge in [-0.1, -0.05) is 31.0 Å². The first-order chi connectivity index (χ1) is 15.2. The van der Waals surface area contributed by atoms with Crippen LogP contribution in [0.3, 0.4) is 0 Å². The molecule has 0 aliphatic carbocycles. The van der Waals surface area contributed by atoms with Gasteiger partial charge in [-0.3, -0.25) is 4.72 Å². The molecule has 2 aromatic rings. The van der Waals surface area contributed by atoms with Crippen molar-refractivity contribution in [3.8, 4) is 0 Å². The van der Waals surface area contributed by atoms with Gasteiger partial charge in [-0.15, -0.1) is 0 Å². The number of pyridine rings is 1. The number of hydrogen-bond donors (Lipinski definition) is 3. The molecular formula is C20H24F3N3O6S.